The van der Waals surface area contributed by atoms with Crippen LogP contribution in [0.1, 0.15) is 64.6 Å². The summed E-state index contributed by atoms with van der Waals surface area (Å²) in [4.78, 5) is 40.8. The van der Waals surface area contributed by atoms with Crippen LogP contribution in [-0.2, 0) is 20.9 Å². The molecule has 1 aromatic carbocycles. The van der Waals surface area contributed by atoms with Crippen molar-refractivity contribution in [1.82, 2.24) is 19.9 Å². The van der Waals surface area contributed by atoms with Crippen molar-refractivity contribution in [2.45, 2.75) is 77.6 Å². The minimum absolute atomic E-state index is 0.00602. The zero-order valence-corrected chi connectivity index (χ0v) is 24.0. The second-order valence-corrected chi connectivity index (χ2v) is 13.0. The molecule has 3 heterocycles. The van der Waals surface area contributed by atoms with Gasteiger partial charge in [-0.15, -0.1) is 0 Å². The molecule has 2 aromatic heterocycles. The number of carbonyl (C=O) groups is 2. The second kappa shape index (κ2) is 11.1. The number of anilines is 1. The van der Waals surface area contributed by atoms with Crippen molar-refractivity contribution >= 4 is 38.5 Å². The van der Waals surface area contributed by atoms with Crippen LogP contribution >= 0.6 is 11.3 Å². The molecule has 10 heteroatoms. The number of thiazole rings is 1. The van der Waals surface area contributed by atoms with Crippen LogP contribution in [-0.4, -0.2) is 62.1 Å². The van der Waals surface area contributed by atoms with Crippen LogP contribution < -0.4 is 5.32 Å². The summed E-state index contributed by atoms with van der Waals surface area (Å²) in [6.07, 6.45) is 9.46. The molecule has 2 atom stereocenters. The van der Waals surface area contributed by atoms with Crippen molar-refractivity contribution in [1.29, 1.82) is 0 Å². The van der Waals surface area contributed by atoms with E-state index in [9.17, 15) is 14.7 Å². The number of ether oxygens (including phenoxy) is 1. The van der Waals surface area contributed by atoms with Gasteiger partial charge in [0, 0.05) is 42.9 Å². The summed E-state index contributed by atoms with van der Waals surface area (Å²) in [7, 11) is 0. The Balaban J connectivity index is 1.03. The van der Waals surface area contributed by atoms with Crippen molar-refractivity contribution in [3.05, 3.63) is 36.4 Å². The molecule has 3 aromatic rings. The fourth-order valence-electron chi connectivity index (χ4n) is 6.37. The predicted molar refractivity (Wildman–Crippen MR) is 154 cm³/mol. The van der Waals surface area contributed by atoms with Crippen LogP contribution in [0, 0.1) is 17.3 Å². The van der Waals surface area contributed by atoms with Crippen molar-refractivity contribution in [3.8, 4) is 11.1 Å². The second-order valence-electron chi connectivity index (χ2n) is 12.0. The number of benzene rings is 1. The van der Waals surface area contributed by atoms with Crippen molar-refractivity contribution in [2.75, 3.05) is 18.4 Å². The van der Waals surface area contributed by atoms with Crippen molar-refractivity contribution in [2.24, 2.45) is 17.3 Å². The number of rotatable bonds is 7. The molecule has 2 saturated carbocycles. The molecule has 9 nitrogen and oxygen atoms in total. The van der Waals surface area contributed by atoms with Gasteiger partial charge in [-0.25, -0.2) is 15.0 Å². The van der Waals surface area contributed by atoms with Crippen molar-refractivity contribution < 1.29 is 19.4 Å². The summed E-state index contributed by atoms with van der Waals surface area (Å²) in [6, 6.07) is 6.00. The Bertz CT molecular complexity index is 1370. The number of aliphatic hydroxyl groups is 1. The predicted octanol–water partition coefficient (Wildman–Crippen LogP) is 4.80. The number of amides is 2. The summed E-state index contributed by atoms with van der Waals surface area (Å²) in [5, 5.41) is 13.6. The van der Waals surface area contributed by atoms with Gasteiger partial charge in [-0.1, -0.05) is 31.3 Å². The van der Waals surface area contributed by atoms with E-state index in [0.29, 0.717) is 11.0 Å². The number of carbonyl (C=O) groups excluding carboxylic acids is 2. The smallest absolute Gasteiger partial charge is 0.229 e. The van der Waals surface area contributed by atoms with E-state index in [1.54, 1.807) is 12.4 Å². The van der Waals surface area contributed by atoms with Gasteiger partial charge >= 0.3 is 0 Å². The van der Waals surface area contributed by atoms with Crippen LogP contribution in [0.15, 0.2) is 30.6 Å². The van der Waals surface area contributed by atoms with Crippen LogP contribution in [0.4, 0.5) is 5.13 Å². The maximum absolute atomic E-state index is 13.0. The molecule has 3 aliphatic rings. The maximum atomic E-state index is 13.0. The molecule has 0 bridgehead atoms. The molecule has 212 valence electrons. The van der Waals surface area contributed by atoms with Gasteiger partial charge in [-0.2, -0.15) is 0 Å². The third-order valence-corrected chi connectivity index (χ3v) is 9.79. The number of fused-ring (bicyclic) bond motifs is 1. The summed E-state index contributed by atoms with van der Waals surface area (Å²) < 4.78 is 6.78. The number of likely N-dealkylation sites (tertiary alicyclic amines) is 1. The molecule has 2 N–H and O–H groups in total. The highest BCUT2D eigenvalue weighted by atomic mass is 32.1. The van der Waals surface area contributed by atoms with Gasteiger partial charge < -0.3 is 20.1 Å². The molecular weight excluding hydrogens is 526 g/mol. The number of nitrogens with zero attached hydrogens (tertiary/aromatic N) is 4. The third kappa shape index (κ3) is 5.62. The lowest BCUT2D eigenvalue weighted by atomic mass is 9.57. The van der Waals surface area contributed by atoms with Gasteiger partial charge in [-0.3, -0.25) is 9.59 Å². The molecule has 1 saturated heterocycles. The number of hydrogen-bond acceptors (Lipinski definition) is 8. The highest BCUT2D eigenvalue weighted by molar-refractivity contribution is 7.22. The minimum atomic E-state index is -0.392. The van der Waals surface area contributed by atoms with E-state index in [0.717, 1.165) is 79.4 Å². The van der Waals surface area contributed by atoms with Gasteiger partial charge in [0.1, 0.15) is 6.61 Å². The molecule has 0 radical (unpaired) electrons. The lowest BCUT2D eigenvalue weighted by Crippen LogP contribution is -2.51. The van der Waals surface area contributed by atoms with Gasteiger partial charge in [-0.05, 0) is 68.1 Å². The molecule has 3 fully saturated rings. The van der Waals surface area contributed by atoms with Crippen LogP contribution in [0.3, 0.4) is 0 Å². The van der Waals surface area contributed by atoms with Gasteiger partial charge in [0.25, 0.3) is 0 Å². The monoisotopic (exact) mass is 563 g/mol. The first-order valence-electron chi connectivity index (χ1n) is 14.4. The SMILES string of the molecule is CC(C)C(=O)N1CCC2(CC1)CC(C(=O)Nc1nc3ccc(-c4cnc(CO[C@H]5CCC[C@@H]5O)nc4)cc3s1)C2. The number of hydrogen-bond donors (Lipinski definition) is 2. The Morgan fingerprint density at radius 2 is 1.90 bits per heavy atom. The molecule has 0 unspecified atom stereocenters. The van der Waals surface area contributed by atoms with E-state index < -0.39 is 6.10 Å². The van der Waals surface area contributed by atoms with Gasteiger partial charge in [0.15, 0.2) is 11.0 Å². The first-order chi connectivity index (χ1) is 19.3. The average Bonchev–Trinajstić information content (AvgIpc) is 3.54. The fraction of sp³-hybridized carbons (Fsp3) is 0.567. The summed E-state index contributed by atoms with van der Waals surface area (Å²) in [6.45, 7) is 5.80. The number of aliphatic hydroxyl groups excluding tert-OH is 1. The quantitative estimate of drug-likeness (QED) is 0.424. The average molecular weight is 564 g/mol. The first-order valence-corrected chi connectivity index (χ1v) is 15.2. The third-order valence-electron chi connectivity index (χ3n) is 8.86. The number of aromatic nitrogens is 3. The Morgan fingerprint density at radius 1 is 1.15 bits per heavy atom. The van der Waals surface area contributed by atoms with Gasteiger partial charge in [0.2, 0.25) is 11.8 Å². The Kier molecular flexibility index (Phi) is 7.58. The molecular formula is C30H37N5O4S. The minimum Gasteiger partial charge on any atom is -0.390 e. The Morgan fingerprint density at radius 3 is 2.58 bits per heavy atom. The van der Waals surface area contributed by atoms with Crippen molar-refractivity contribution in [3.63, 3.8) is 0 Å². The van der Waals surface area contributed by atoms with Crippen LogP contribution in [0.5, 0.6) is 0 Å². The van der Waals surface area contributed by atoms with E-state index in [1.165, 1.54) is 11.3 Å². The Labute approximate surface area is 238 Å². The van der Waals surface area contributed by atoms with E-state index >= 15 is 0 Å². The standard InChI is InChI=1S/C30H37N5O4S/c1-18(2)28(38)35-10-8-30(9-11-35)13-20(14-30)27(37)34-29-33-22-7-6-19(12-25(22)40-29)21-15-31-26(32-16-21)17-39-24-5-3-4-23(24)36/h6-7,12,15-16,18,20,23-24,36H,3-5,8-11,13-14,17H2,1-2H3,(H,33,34,37)/t23-,24-/m0/s1. The summed E-state index contributed by atoms with van der Waals surface area (Å²) >= 11 is 1.47. The van der Waals surface area contributed by atoms with E-state index in [2.05, 4.69) is 26.3 Å². The summed E-state index contributed by atoms with van der Waals surface area (Å²) in [5.74, 6) is 0.917. The Hall–Kier alpha value is -2.95. The molecule has 2 amide bonds. The number of nitrogens with one attached hydrogen (secondary N) is 1. The largest absolute Gasteiger partial charge is 0.390 e. The van der Waals surface area contributed by atoms with E-state index in [1.807, 2.05) is 30.9 Å². The highest BCUT2D eigenvalue weighted by Gasteiger charge is 2.49. The van der Waals surface area contributed by atoms with E-state index in [4.69, 9.17) is 4.74 Å². The number of piperidine rings is 1. The molecule has 1 aliphatic heterocycles. The van der Waals surface area contributed by atoms with Crippen LogP contribution in [0.2, 0.25) is 0 Å². The first kappa shape index (κ1) is 27.2. The molecule has 6 rings (SSSR count). The van der Waals surface area contributed by atoms with Gasteiger partial charge in [0.05, 0.1) is 22.4 Å². The topological polar surface area (TPSA) is 118 Å². The lowest BCUT2D eigenvalue weighted by molar-refractivity contribution is -0.141. The zero-order chi connectivity index (χ0) is 27.9. The molecule has 1 spiro atoms. The van der Waals surface area contributed by atoms with E-state index in [-0.39, 0.29) is 41.8 Å². The summed E-state index contributed by atoms with van der Waals surface area (Å²) in [5.41, 5.74) is 2.93. The van der Waals surface area contributed by atoms with Crippen LogP contribution in [0.25, 0.3) is 21.3 Å². The zero-order valence-electron chi connectivity index (χ0n) is 23.1. The molecule has 2 aliphatic carbocycles. The molecule has 40 heavy (non-hydrogen) atoms. The highest BCUT2D eigenvalue weighted by Crippen LogP contribution is 2.53. The fourth-order valence-corrected chi connectivity index (χ4v) is 7.28. The normalized spacial score (nSPS) is 22.6. The maximum Gasteiger partial charge on any atom is 0.229 e. The lowest BCUT2D eigenvalue weighted by Gasteiger charge is -2.51.